The molecule has 136 valence electrons. The maximum atomic E-state index is 12.3. The van der Waals surface area contributed by atoms with Crippen LogP contribution in [0.4, 0.5) is 0 Å². The Hall–Kier alpha value is -2.26. The van der Waals surface area contributed by atoms with E-state index in [1.807, 2.05) is 19.1 Å². The SMILES string of the molecule is Cc1nc(S(=O)(=O)NCCC(=O)N(C)C(C)c2cccnc2)cn1C. The molecule has 9 heteroatoms. The van der Waals surface area contributed by atoms with Crippen molar-refractivity contribution in [3.8, 4) is 0 Å². The zero-order valence-electron chi connectivity index (χ0n) is 14.8. The Labute approximate surface area is 147 Å². The minimum atomic E-state index is -3.72. The first-order valence-electron chi connectivity index (χ1n) is 7.87. The van der Waals surface area contributed by atoms with E-state index in [0.29, 0.717) is 5.82 Å². The number of nitrogens with one attached hydrogen (secondary N) is 1. The molecule has 1 unspecified atom stereocenters. The van der Waals surface area contributed by atoms with Gasteiger partial charge >= 0.3 is 0 Å². The summed E-state index contributed by atoms with van der Waals surface area (Å²) in [6, 6.07) is 3.57. The average Bonchev–Trinajstić information content (AvgIpc) is 2.94. The van der Waals surface area contributed by atoms with Gasteiger partial charge in [-0.2, -0.15) is 0 Å². The fourth-order valence-electron chi connectivity index (χ4n) is 2.26. The Bertz CT molecular complexity index is 813. The second kappa shape index (κ2) is 7.75. The quantitative estimate of drug-likeness (QED) is 0.790. The highest BCUT2D eigenvalue weighted by molar-refractivity contribution is 7.89. The van der Waals surface area contributed by atoms with Crippen molar-refractivity contribution < 1.29 is 13.2 Å². The molecule has 1 N–H and O–H groups in total. The van der Waals surface area contributed by atoms with Gasteiger partial charge < -0.3 is 9.47 Å². The molecular weight excluding hydrogens is 342 g/mol. The van der Waals surface area contributed by atoms with Crippen molar-refractivity contribution in [1.29, 1.82) is 0 Å². The number of nitrogens with zero attached hydrogens (tertiary/aromatic N) is 4. The number of hydrogen-bond acceptors (Lipinski definition) is 5. The Morgan fingerprint density at radius 3 is 2.72 bits per heavy atom. The van der Waals surface area contributed by atoms with E-state index in [1.54, 1.807) is 42.9 Å². The summed E-state index contributed by atoms with van der Waals surface area (Å²) in [5, 5.41) is -0.0444. The highest BCUT2D eigenvalue weighted by atomic mass is 32.2. The zero-order chi connectivity index (χ0) is 18.6. The number of rotatable bonds is 7. The van der Waals surface area contributed by atoms with Crippen molar-refractivity contribution in [2.24, 2.45) is 7.05 Å². The molecule has 0 aliphatic rings. The number of amides is 1. The molecule has 1 atom stereocenters. The molecule has 2 heterocycles. The monoisotopic (exact) mass is 365 g/mol. The lowest BCUT2D eigenvalue weighted by molar-refractivity contribution is -0.131. The standard InChI is InChI=1S/C16H23N5O3S/c1-12(14-6-5-8-17-10-14)21(4)16(22)7-9-18-25(23,24)15-11-20(3)13(2)19-15/h5-6,8,10-12,18H,7,9H2,1-4H3. The molecule has 2 aromatic heterocycles. The number of carbonyl (C=O) groups is 1. The maximum Gasteiger partial charge on any atom is 0.259 e. The summed E-state index contributed by atoms with van der Waals surface area (Å²) in [5.41, 5.74) is 0.919. The van der Waals surface area contributed by atoms with Crippen LogP contribution in [0.1, 0.15) is 30.8 Å². The van der Waals surface area contributed by atoms with Gasteiger partial charge in [0, 0.05) is 45.7 Å². The van der Waals surface area contributed by atoms with Gasteiger partial charge in [-0.1, -0.05) is 6.07 Å². The van der Waals surface area contributed by atoms with Gasteiger partial charge in [-0.3, -0.25) is 9.78 Å². The van der Waals surface area contributed by atoms with Crippen molar-refractivity contribution in [3.05, 3.63) is 42.1 Å². The van der Waals surface area contributed by atoms with Crippen molar-refractivity contribution in [1.82, 2.24) is 24.2 Å². The van der Waals surface area contributed by atoms with E-state index in [1.165, 1.54) is 6.20 Å². The summed E-state index contributed by atoms with van der Waals surface area (Å²) in [4.78, 5) is 21.9. The van der Waals surface area contributed by atoms with Gasteiger partial charge in [0.15, 0.2) is 5.03 Å². The molecule has 8 nitrogen and oxygen atoms in total. The predicted molar refractivity (Wildman–Crippen MR) is 93.2 cm³/mol. The van der Waals surface area contributed by atoms with Crippen LogP contribution in [-0.4, -0.2) is 47.4 Å². The molecule has 0 spiro atoms. The Morgan fingerprint density at radius 2 is 2.16 bits per heavy atom. The van der Waals surface area contributed by atoms with Gasteiger partial charge in [-0.15, -0.1) is 0 Å². The first-order valence-corrected chi connectivity index (χ1v) is 9.36. The Kier molecular flexibility index (Phi) is 5.91. The Morgan fingerprint density at radius 1 is 1.44 bits per heavy atom. The second-order valence-corrected chi connectivity index (χ2v) is 7.57. The molecule has 0 saturated carbocycles. The van der Waals surface area contributed by atoms with Crippen LogP contribution in [-0.2, 0) is 21.9 Å². The third kappa shape index (κ3) is 4.64. The predicted octanol–water partition coefficient (Wildman–Crippen LogP) is 1.01. The van der Waals surface area contributed by atoms with Gasteiger partial charge in [-0.25, -0.2) is 18.1 Å². The lowest BCUT2D eigenvalue weighted by Gasteiger charge is -2.25. The summed E-state index contributed by atoms with van der Waals surface area (Å²) in [6.45, 7) is 3.63. The van der Waals surface area contributed by atoms with Crippen molar-refractivity contribution in [2.45, 2.75) is 31.3 Å². The van der Waals surface area contributed by atoms with Crippen molar-refractivity contribution in [2.75, 3.05) is 13.6 Å². The lowest BCUT2D eigenvalue weighted by atomic mass is 10.1. The summed E-state index contributed by atoms with van der Waals surface area (Å²) >= 11 is 0. The number of sulfonamides is 1. The third-order valence-electron chi connectivity index (χ3n) is 4.13. The maximum absolute atomic E-state index is 12.3. The largest absolute Gasteiger partial charge is 0.339 e. The van der Waals surface area contributed by atoms with Crippen LogP contribution in [0.25, 0.3) is 0 Å². The minimum Gasteiger partial charge on any atom is -0.339 e. The second-order valence-electron chi connectivity index (χ2n) is 5.85. The van der Waals surface area contributed by atoms with Crippen LogP contribution in [0.3, 0.4) is 0 Å². The molecule has 0 aromatic carbocycles. The normalized spacial score (nSPS) is 12.8. The van der Waals surface area contributed by atoms with E-state index in [0.717, 1.165) is 5.56 Å². The van der Waals surface area contributed by atoms with E-state index in [-0.39, 0.29) is 29.9 Å². The molecule has 0 aliphatic carbocycles. The lowest BCUT2D eigenvalue weighted by Crippen LogP contribution is -2.33. The van der Waals surface area contributed by atoms with E-state index in [9.17, 15) is 13.2 Å². The summed E-state index contributed by atoms with van der Waals surface area (Å²) in [7, 11) is -0.305. The molecule has 0 fully saturated rings. The summed E-state index contributed by atoms with van der Waals surface area (Å²) in [6.07, 6.45) is 4.88. The molecule has 1 amide bonds. The van der Waals surface area contributed by atoms with Crippen LogP contribution < -0.4 is 4.72 Å². The first-order chi connectivity index (χ1) is 11.7. The topological polar surface area (TPSA) is 97.2 Å². The molecule has 0 saturated heterocycles. The van der Waals surface area contributed by atoms with Crippen LogP contribution in [0, 0.1) is 6.92 Å². The van der Waals surface area contributed by atoms with Gasteiger partial charge in [0.25, 0.3) is 10.0 Å². The molecule has 0 bridgehead atoms. The number of imidazole rings is 1. The molecule has 25 heavy (non-hydrogen) atoms. The number of aryl methyl sites for hydroxylation is 2. The zero-order valence-corrected chi connectivity index (χ0v) is 15.6. The van der Waals surface area contributed by atoms with Crippen molar-refractivity contribution >= 4 is 15.9 Å². The highest BCUT2D eigenvalue weighted by Crippen LogP contribution is 2.18. The fourth-order valence-corrected chi connectivity index (χ4v) is 3.33. The van der Waals surface area contributed by atoms with Crippen LogP contribution in [0.15, 0.2) is 35.7 Å². The van der Waals surface area contributed by atoms with E-state index >= 15 is 0 Å². The van der Waals surface area contributed by atoms with Gasteiger partial charge in [0.2, 0.25) is 5.91 Å². The molecule has 0 radical (unpaired) electrons. The van der Waals surface area contributed by atoms with Gasteiger partial charge in [0.1, 0.15) is 5.82 Å². The van der Waals surface area contributed by atoms with Crippen LogP contribution in [0.2, 0.25) is 0 Å². The van der Waals surface area contributed by atoms with Crippen LogP contribution in [0.5, 0.6) is 0 Å². The number of pyridine rings is 1. The first kappa shape index (κ1) is 19.1. The fraction of sp³-hybridized carbons (Fsp3) is 0.438. The third-order valence-corrected chi connectivity index (χ3v) is 5.47. The number of hydrogen-bond donors (Lipinski definition) is 1. The smallest absolute Gasteiger partial charge is 0.259 e. The summed E-state index contributed by atoms with van der Waals surface area (Å²) in [5.74, 6) is 0.442. The summed E-state index contributed by atoms with van der Waals surface area (Å²) < 4.78 is 28.4. The van der Waals surface area contributed by atoms with Crippen molar-refractivity contribution in [3.63, 3.8) is 0 Å². The number of carbonyl (C=O) groups excluding carboxylic acids is 1. The Balaban J connectivity index is 1.91. The average molecular weight is 365 g/mol. The molecule has 0 aliphatic heterocycles. The molecule has 2 aromatic rings. The minimum absolute atomic E-state index is 0.0148. The molecular formula is C16H23N5O3S. The van der Waals surface area contributed by atoms with E-state index < -0.39 is 10.0 Å². The highest BCUT2D eigenvalue weighted by Gasteiger charge is 2.21. The molecule has 2 rings (SSSR count). The van der Waals surface area contributed by atoms with E-state index in [2.05, 4.69) is 14.7 Å². The number of aromatic nitrogens is 3. The van der Waals surface area contributed by atoms with E-state index in [4.69, 9.17) is 0 Å². The van der Waals surface area contributed by atoms with Gasteiger partial charge in [0.05, 0.1) is 6.04 Å². The van der Waals surface area contributed by atoms with Gasteiger partial charge in [-0.05, 0) is 25.5 Å². The van der Waals surface area contributed by atoms with Crippen LogP contribution >= 0.6 is 0 Å².